The van der Waals surface area contributed by atoms with Crippen LogP contribution in [0.5, 0.6) is 5.88 Å². The van der Waals surface area contributed by atoms with Crippen LogP contribution >= 0.6 is 0 Å². The number of rotatable bonds is 4. The lowest BCUT2D eigenvalue weighted by Gasteiger charge is -2.44. The summed E-state index contributed by atoms with van der Waals surface area (Å²) in [4.78, 5) is 4.24. The van der Waals surface area contributed by atoms with Crippen molar-refractivity contribution in [1.29, 1.82) is 0 Å². The zero-order valence-corrected chi connectivity index (χ0v) is 14.4. The van der Waals surface area contributed by atoms with Crippen LogP contribution in [-0.4, -0.2) is 22.6 Å². The average molecular weight is 290 g/mol. The number of hydrogen-bond donors (Lipinski definition) is 1. The Labute approximate surface area is 122 Å². The zero-order chi connectivity index (χ0) is 15.1. The maximum absolute atomic E-state index is 9.56. The van der Waals surface area contributed by atoms with Gasteiger partial charge in [-0.25, -0.2) is 4.98 Å². The van der Waals surface area contributed by atoms with Crippen LogP contribution in [-0.2, 0) is 0 Å². The van der Waals surface area contributed by atoms with Crippen molar-refractivity contribution in [2.75, 3.05) is 0 Å². The van der Waals surface area contributed by atoms with E-state index in [2.05, 4.69) is 57.0 Å². The minimum Gasteiger partial charge on any atom is -0.493 e. The first kappa shape index (κ1) is 15.1. The Morgan fingerprint density at radius 3 is 2.00 bits per heavy atom. The summed E-state index contributed by atoms with van der Waals surface area (Å²) >= 11 is 0. The van der Waals surface area contributed by atoms with Gasteiger partial charge in [-0.2, -0.15) is 0 Å². The highest BCUT2D eigenvalue weighted by Crippen LogP contribution is 2.44. The van der Waals surface area contributed by atoms with Crippen molar-refractivity contribution < 1.29 is 5.11 Å². The second kappa shape index (κ2) is 5.24. The summed E-state index contributed by atoms with van der Waals surface area (Å²) in [5, 5.41) is 9.56. The maximum Gasteiger partial charge on any atom is 0.211 e. The largest absolute Gasteiger partial charge is 0.493 e. The SMILES string of the molecule is CC(C)[Si](C(C)C)(C(C)C)n1ccc2nc(O)ccc21. The first-order chi connectivity index (χ1) is 9.31. The molecule has 0 atom stereocenters. The minimum absolute atomic E-state index is 0.0983. The van der Waals surface area contributed by atoms with E-state index in [9.17, 15) is 5.11 Å². The summed E-state index contributed by atoms with van der Waals surface area (Å²) in [7, 11) is -1.74. The predicted molar refractivity (Wildman–Crippen MR) is 87.8 cm³/mol. The highest BCUT2D eigenvalue weighted by Gasteiger charge is 2.45. The van der Waals surface area contributed by atoms with E-state index in [1.807, 2.05) is 12.1 Å². The predicted octanol–water partition coefficient (Wildman–Crippen LogP) is 4.77. The van der Waals surface area contributed by atoms with Gasteiger partial charge in [0, 0.05) is 6.07 Å². The first-order valence-corrected chi connectivity index (χ1v) is 9.67. The Kier molecular flexibility index (Phi) is 3.96. The molecule has 2 rings (SSSR count). The second-order valence-corrected chi connectivity index (χ2v) is 12.3. The molecule has 0 fully saturated rings. The highest BCUT2D eigenvalue weighted by atomic mass is 28.3. The lowest BCUT2D eigenvalue weighted by atomic mass is 10.4. The standard InChI is InChI=1S/C16H26N2OSi/c1-11(2)20(12(3)4,13(5)6)18-10-9-14-15(18)7-8-16(19)17-14/h7-13H,1-6H3,(H,17,19). The summed E-state index contributed by atoms with van der Waals surface area (Å²) in [6, 6.07) is 5.73. The van der Waals surface area contributed by atoms with Gasteiger partial charge in [-0.3, -0.25) is 0 Å². The molecule has 2 aromatic heterocycles. The first-order valence-electron chi connectivity index (χ1n) is 7.49. The fraction of sp³-hybridized carbons (Fsp3) is 0.562. The molecule has 0 aromatic carbocycles. The maximum atomic E-state index is 9.56. The molecule has 0 radical (unpaired) electrons. The van der Waals surface area contributed by atoms with Gasteiger partial charge in [0.2, 0.25) is 5.88 Å². The lowest BCUT2D eigenvalue weighted by Crippen LogP contribution is -2.51. The number of aromatic nitrogens is 2. The van der Waals surface area contributed by atoms with Gasteiger partial charge in [-0.05, 0) is 35.0 Å². The van der Waals surface area contributed by atoms with Crippen LogP contribution in [0.3, 0.4) is 0 Å². The van der Waals surface area contributed by atoms with Crippen LogP contribution < -0.4 is 0 Å². The van der Waals surface area contributed by atoms with E-state index in [4.69, 9.17) is 0 Å². The Balaban J connectivity index is 2.75. The van der Waals surface area contributed by atoms with Gasteiger partial charge in [-0.1, -0.05) is 41.5 Å². The zero-order valence-electron chi connectivity index (χ0n) is 13.4. The summed E-state index contributed by atoms with van der Waals surface area (Å²) in [6.07, 6.45) is 2.18. The van der Waals surface area contributed by atoms with Crippen molar-refractivity contribution in [2.45, 2.75) is 58.2 Å². The third-order valence-electron chi connectivity index (χ3n) is 4.72. The third kappa shape index (κ3) is 2.06. The summed E-state index contributed by atoms with van der Waals surface area (Å²) in [5.74, 6) is 0.0983. The molecule has 2 heterocycles. The molecule has 110 valence electrons. The van der Waals surface area contributed by atoms with E-state index in [0.717, 1.165) is 11.0 Å². The van der Waals surface area contributed by atoms with Crippen molar-refractivity contribution in [3.8, 4) is 5.88 Å². The fourth-order valence-electron chi connectivity index (χ4n) is 4.18. The molecule has 0 amide bonds. The van der Waals surface area contributed by atoms with Crippen molar-refractivity contribution in [2.24, 2.45) is 0 Å². The van der Waals surface area contributed by atoms with E-state index < -0.39 is 8.24 Å². The van der Waals surface area contributed by atoms with E-state index in [1.54, 1.807) is 6.07 Å². The van der Waals surface area contributed by atoms with E-state index in [0.29, 0.717) is 16.6 Å². The Morgan fingerprint density at radius 1 is 0.950 bits per heavy atom. The summed E-state index contributed by atoms with van der Waals surface area (Å²) < 4.78 is 2.51. The topological polar surface area (TPSA) is 38.0 Å². The Morgan fingerprint density at radius 2 is 1.50 bits per heavy atom. The van der Waals surface area contributed by atoms with Gasteiger partial charge in [0.15, 0.2) is 8.24 Å². The number of hydrogen-bond acceptors (Lipinski definition) is 2. The quantitative estimate of drug-likeness (QED) is 0.824. The van der Waals surface area contributed by atoms with Crippen molar-refractivity contribution in [3.63, 3.8) is 0 Å². The lowest BCUT2D eigenvalue weighted by molar-refractivity contribution is 0.456. The van der Waals surface area contributed by atoms with E-state index in [-0.39, 0.29) is 5.88 Å². The van der Waals surface area contributed by atoms with Crippen molar-refractivity contribution >= 4 is 19.3 Å². The number of aromatic hydroxyl groups is 1. The van der Waals surface area contributed by atoms with Gasteiger partial charge >= 0.3 is 0 Å². The molecular weight excluding hydrogens is 264 g/mol. The monoisotopic (exact) mass is 290 g/mol. The van der Waals surface area contributed by atoms with Crippen LogP contribution in [0.4, 0.5) is 0 Å². The average Bonchev–Trinajstić information content (AvgIpc) is 2.72. The molecule has 0 aliphatic rings. The molecule has 0 unspecified atom stereocenters. The summed E-state index contributed by atoms with van der Waals surface area (Å²) in [5.41, 5.74) is 3.99. The number of nitrogens with zero attached hydrogens (tertiary/aromatic N) is 2. The molecule has 0 spiro atoms. The Hall–Kier alpha value is -1.29. The molecule has 3 nitrogen and oxygen atoms in total. The van der Waals surface area contributed by atoms with Crippen LogP contribution in [0.1, 0.15) is 41.5 Å². The van der Waals surface area contributed by atoms with Crippen molar-refractivity contribution in [3.05, 3.63) is 24.4 Å². The molecular formula is C16H26N2OSi. The highest BCUT2D eigenvalue weighted by molar-refractivity contribution is 6.82. The number of fused-ring (bicyclic) bond motifs is 1. The van der Waals surface area contributed by atoms with Crippen LogP contribution in [0, 0.1) is 0 Å². The fourth-order valence-corrected chi connectivity index (χ4v) is 10.8. The van der Waals surface area contributed by atoms with Gasteiger partial charge in [0.1, 0.15) is 0 Å². The Bertz CT molecular complexity index is 580. The molecule has 2 aromatic rings. The molecule has 1 N–H and O–H groups in total. The van der Waals surface area contributed by atoms with E-state index >= 15 is 0 Å². The van der Waals surface area contributed by atoms with Gasteiger partial charge in [0.25, 0.3) is 0 Å². The molecule has 0 saturated heterocycles. The van der Waals surface area contributed by atoms with Crippen LogP contribution in [0.25, 0.3) is 11.0 Å². The van der Waals surface area contributed by atoms with Crippen molar-refractivity contribution in [1.82, 2.24) is 9.22 Å². The molecule has 4 heteroatoms. The van der Waals surface area contributed by atoms with Crippen LogP contribution in [0.15, 0.2) is 24.4 Å². The normalized spacial score (nSPS) is 13.1. The summed E-state index contributed by atoms with van der Waals surface area (Å²) in [6.45, 7) is 14.1. The minimum atomic E-state index is -1.74. The van der Waals surface area contributed by atoms with Gasteiger partial charge < -0.3 is 9.34 Å². The second-order valence-electron chi connectivity index (χ2n) is 6.61. The van der Waals surface area contributed by atoms with Crippen LogP contribution in [0.2, 0.25) is 16.6 Å². The van der Waals surface area contributed by atoms with Gasteiger partial charge in [-0.15, -0.1) is 0 Å². The van der Waals surface area contributed by atoms with Gasteiger partial charge in [0.05, 0.1) is 11.0 Å². The smallest absolute Gasteiger partial charge is 0.211 e. The molecule has 0 aliphatic carbocycles. The number of pyridine rings is 1. The van der Waals surface area contributed by atoms with E-state index in [1.165, 1.54) is 0 Å². The molecule has 0 aliphatic heterocycles. The molecule has 0 saturated carbocycles. The molecule has 0 bridgehead atoms. The third-order valence-corrected chi connectivity index (χ3v) is 11.5. The molecule has 20 heavy (non-hydrogen) atoms.